The minimum Gasteiger partial charge on any atom is -1.00 e. The average Bonchev–Trinajstić information content (AvgIpc) is 2.70. The van der Waals surface area contributed by atoms with Gasteiger partial charge in [-0.25, -0.2) is 0 Å². The highest BCUT2D eigenvalue weighted by Gasteiger charge is 2.34. The summed E-state index contributed by atoms with van der Waals surface area (Å²) in [5, 5.41) is 0. The van der Waals surface area contributed by atoms with Crippen LogP contribution in [-0.2, 0) is 0 Å². The van der Waals surface area contributed by atoms with Crippen LogP contribution in [0.3, 0.4) is 0 Å². The first-order chi connectivity index (χ1) is 13.7. The number of rotatable bonds is 23. The Labute approximate surface area is 193 Å². The topological polar surface area (TPSA) is 0 Å². The van der Waals surface area contributed by atoms with Crippen molar-refractivity contribution in [2.45, 2.75) is 150 Å². The predicted octanol–water partition coefficient (Wildman–Crippen LogP) is 7.50. The molecule has 0 atom stereocenters. The molecule has 0 aromatic carbocycles. The lowest BCUT2D eigenvalue weighted by atomic mass is 10.1. The second kappa shape index (κ2) is 25.0. The molecule has 0 N–H and O–H groups in total. The summed E-state index contributed by atoms with van der Waals surface area (Å²) in [5.41, 5.74) is 0. The Morgan fingerprint density at radius 3 is 0.828 bits per heavy atom. The van der Waals surface area contributed by atoms with Gasteiger partial charge in [-0.2, -0.15) is 0 Å². The fourth-order valence-corrected chi connectivity index (χ4v) is 9.62. The van der Waals surface area contributed by atoms with Crippen molar-refractivity contribution < 1.29 is 12.4 Å². The van der Waals surface area contributed by atoms with Gasteiger partial charge in [-0.05, 0) is 32.1 Å². The highest BCUT2D eigenvalue weighted by Crippen LogP contribution is 2.61. The number of hydrogen-bond acceptors (Lipinski definition) is 0. The van der Waals surface area contributed by atoms with Gasteiger partial charge >= 0.3 is 0 Å². The molecule has 0 bridgehead atoms. The summed E-state index contributed by atoms with van der Waals surface area (Å²) in [6.45, 7) is 9.43. The molecule has 0 aliphatic rings. The summed E-state index contributed by atoms with van der Waals surface area (Å²) >= 11 is 0. The van der Waals surface area contributed by atoms with Crippen LogP contribution in [-0.4, -0.2) is 24.6 Å². The van der Waals surface area contributed by atoms with Crippen molar-refractivity contribution in [1.29, 1.82) is 0 Å². The third-order valence-corrected chi connectivity index (χ3v) is 11.8. The summed E-state index contributed by atoms with van der Waals surface area (Å²) in [6.07, 6.45) is 34.5. The smallest absolute Gasteiger partial charge is 0.0594 e. The fourth-order valence-electron chi connectivity index (χ4n) is 4.70. The van der Waals surface area contributed by atoms with Gasteiger partial charge in [0.1, 0.15) is 0 Å². The van der Waals surface area contributed by atoms with E-state index in [9.17, 15) is 0 Å². The summed E-state index contributed by atoms with van der Waals surface area (Å²) in [6, 6.07) is 0. The van der Waals surface area contributed by atoms with E-state index in [1.54, 1.807) is 31.1 Å². The largest absolute Gasteiger partial charge is 1.00 e. The summed E-state index contributed by atoms with van der Waals surface area (Å²) in [4.78, 5) is 0. The van der Waals surface area contributed by atoms with Crippen molar-refractivity contribution in [2.75, 3.05) is 24.6 Å². The molecule has 0 aromatic heterocycles. The zero-order valence-electron chi connectivity index (χ0n) is 21.1. The van der Waals surface area contributed by atoms with Crippen LogP contribution in [0.25, 0.3) is 0 Å². The van der Waals surface area contributed by atoms with Gasteiger partial charge in [0.2, 0.25) is 0 Å². The van der Waals surface area contributed by atoms with E-state index in [-0.39, 0.29) is 12.4 Å². The molecule has 0 nitrogen and oxygen atoms in total. The highest BCUT2D eigenvalue weighted by molar-refractivity contribution is 7.75. The maximum absolute atomic E-state index is 2.37. The predicted molar refractivity (Wildman–Crippen MR) is 137 cm³/mol. The molecular weight excluding hydrogens is 391 g/mol. The molecule has 0 radical (unpaired) electrons. The van der Waals surface area contributed by atoms with E-state index in [0.29, 0.717) is 0 Å². The van der Waals surface area contributed by atoms with Crippen LogP contribution in [0.2, 0.25) is 0 Å². The molecule has 178 valence electrons. The van der Waals surface area contributed by atoms with Crippen molar-refractivity contribution in [3.05, 3.63) is 0 Å². The molecule has 0 amide bonds. The Kier molecular flexibility index (Phi) is 27.5. The van der Waals surface area contributed by atoms with Gasteiger partial charge in [0.25, 0.3) is 0 Å². The quantitative estimate of drug-likeness (QED) is 0.112. The first kappa shape index (κ1) is 31.9. The van der Waals surface area contributed by atoms with Gasteiger partial charge in [-0.3, -0.25) is 0 Å². The van der Waals surface area contributed by atoms with Gasteiger partial charge in [0, 0.05) is 7.26 Å². The van der Waals surface area contributed by atoms with Gasteiger partial charge in [0.05, 0.1) is 24.6 Å². The molecule has 0 aliphatic heterocycles. The molecule has 0 aliphatic carbocycles. The SMILES string of the molecule is CCCCCCCCCCCC[P+](CCCCC)(CCCCC)CCCCC.[Cl-]. The van der Waals surface area contributed by atoms with Crippen LogP contribution in [0.1, 0.15) is 150 Å². The zero-order valence-corrected chi connectivity index (χ0v) is 22.7. The molecule has 0 rings (SSSR count). The summed E-state index contributed by atoms with van der Waals surface area (Å²) in [7, 11) is -0.659. The van der Waals surface area contributed by atoms with E-state index in [4.69, 9.17) is 0 Å². The van der Waals surface area contributed by atoms with Gasteiger partial charge < -0.3 is 12.4 Å². The molecule has 0 heterocycles. The highest BCUT2D eigenvalue weighted by atomic mass is 35.5. The van der Waals surface area contributed by atoms with Crippen molar-refractivity contribution in [3.8, 4) is 0 Å². The van der Waals surface area contributed by atoms with Crippen LogP contribution >= 0.6 is 7.26 Å². The minimum absolute atomic E-state index is 0. The van der Waals surface area contributed by atoms with Crippen LogP contribution in [0.4, 0.5) is 0 Å². The summed E-state index contributed by atoms with van der Waals surface area (Å²) < 4.78 is 0. The number of hydrogen-bond donors (Lipinski definition) is 0. The molecule has 0 saturated heterocycles. The maximum Gasteiger partial charge on any atom is 0.0594 e. The van der Waals surface area contributed by atoms with Crippen LogP contribution < -0.4 is 12.4 Å². The first-order valence-corrected chi connectivity index (χ1v) is 16.1. The average molecular weight is 449 g/mol. The van der Waals surface area contributed by atoms with Crippen LogP contribution in [0, 0.1) is 0 Å². The van der Waals surface area contributed by atoms with E-state index >= 15 is 0 Å². The van der Waals surface area contributed by atoms with Crippen molar-refractivity contribution in [1.82, 2.24) is 0 Å². The van der Waals surface area contributed by atoms with Gasteiger partial charge in [0.15, 0.2) is 0 Å². The molecule has 29 heavy (non-hydrogen) atoms. The molecule has 0 fully saturated rings. The zero-order chi connectivity index (χ0) is 20.8. The first-order valence-electron chi connectivity index (χ1n) is 13.6. The van der Waals surface area contributed by atoms with Crippen molar-refractivity contribution in [2.24, 2.45) is 0 Å². The molecular formula is C27H58ClP. The number of halogens is 1. The maximum atomic E-state index is 2.37. The van der Waals surface area contributed by atoms with Gasteiger partial charge in [-0.1, -0.05) is 118 Å². The number of unbranched alkanes of at least 4 members (excludes halogenated alkanes) is 15. The Bertz CT molecular complexity index is 266. The van der Waals surface area contributed by atoms with E-state index < -0.39 is 7.26 Å². The van der Waals surface area contributed by atoms with Crippen LogP contribution in [0.15, 0.2) is 0 Å². The molecule has 0 spiro atoms. The fraction of sp³-hybridized carbons (Fsp3) is 1.00. The molecule has 0 aromatic rings. The molecule has 0 saturated carbocycles. The lowest BCUT2D eigenvalue weighted by Crippen LogP contribution is -3.00. The van der Waals surface area contributed by atoms with Crippen molar-refractivity contribution >= 4 is 7.26 Å². The third-order valence-electron chi connectivity index (χ3n) is 6.69. The Morgan fingerprint density at radius 2 is 0.517 bits per heavy atom. The molecule has 2 heteroatoms. The van der Waals surface area contributed by atoms with Gasteiger partial charge in [-0.15, -0.1) is 0 Å². The normalized spacial score (nSPS) is 11.6. The Morgan fingerprint density at radius 1 is 0.310 bits per heavy atom. The molecule has 0 unspecified atom stereocenters. The third kappa shape index (κ3) is 20.4. The monoisotopic (exact) mass is 448 g/mol. The van der Waals surface area contributed by atoms with E-state index in [2.05, 4.69) is 27.7 Å². The van der Waals surface area contributed by atoms with E-state index in [1.807, 2.05) is 0 Å². The lowest BCUT2D eigenvalue weighted by molar-refractivity contribution is -0.00000646. The summed E-state index contributed by atoms with van der Waals surface area (Å²) in [5.74, 6) is 0. The standard InChI is InChI=1S/C27H58P.ClH/c1-5-9-13-14-15-16-17-18-19-23-27-28(24-20-10-6-2,25-21-11-7-3)26-22-12-8-4;/h5-27H2,1-4H3;1H/q+1;/p-1. The van der Waals surface area contributed by atoms with E-state index in [1.165, 1.54) is 116 Å². The van der Waals surface area contributed by atoms with E-state index in [0.717, 1.165) is 0 Å². The minimum atomic E-state index is -0.659. The van der Waals surface area contributed by atoms with Crippen molar-refractivity contribution in [3.63, 3.8) is 0 Å². The Balaban J connectivity index is 0. The van der Waals surface area contributed by atoms with Crippen LogP contribution in [0.5, 0.6) is 0 Å². The Hall–Kier alpha value is 0.720. The second-order valence-electron chi connectivity index (χ2n) is 9.54. The lowest BCUT2D eigenvalue weighted by Gasteiger charge is -2.28. The second-order valence-corrected chi connectivity index (χ2v) is 14.0.